The lowest BCUT2D eigenvalue weighted by molar-refractivity contribution is 0.254. The van der Waals surface area contributed by atoms with E-state index in [1.165, 1.54) is 0 Å². The lowest BCUT2D eigenvalue weighted by Gasteiger charge is -2.15. The Balaban J connectivity index is 2.15. The van der Waals surface area contributed by atoms with Crippen LogP contribution in [0.4, 0.5) is 0 Å². The number of nitrogens with zero attached hydrogens (tertiary/aromatic N) is 2. The van der Waals surface area contributed by atoms with E-state index in [1.807, 2.05) is 0 Å². The van der Waals surface area contributed by atoms with Gasteiger partial charge in [-0.15, -0.1) is 0 Å². The van der Waals surface area contributed by atoms with Crippen LogP contribution in [-0.2, 0) is 10.1 Å². The van der Waals surface area contributed by atoms with E-state index >= 15 is 0 Å². The zero-order valence-electron chi connectivity index (χ0n) is 8.52. The van der Waals surface area contributed by atoms with Crippen LogP contribution >= 0.6 is 0 Å². The molecule has 1 heterocycles. The summed E-state index contributed by atoms with van der Waals surface area (Å²) in [5.41, 5.74) is 0. The molecule has 6 heteroatoms. The van der Waals surface area contributed by atoms with Crippen LogP contribution in [0.3, 0.4) is 0 Å². The van der Waals surface area contributed by atoms with Crippen LogP contribution in [0.15, 0.2) is 0 Å². The van der Waals surface area contributed by atoms with Crippen molar-refractivity contribution >= 4 is 10.1 Å². The summed E-state index contributed by atoms with van der Waals surface area (Å²) in [5.74, 6) is -0.129. The summed E-state index contributed by atoms with van der Waals surface area (Å²) in [6, 6.07) is 0. The van der Waals surface area contributed by atoms with Gasteiger partial charge in [0, 0.05) is 19.6 Å². The highest BCUT2D eigenvalue weighted by Crippen LogP contribution is 2.04. The largest absolute Gasteiger partial charge is 0.289 e. The van der Waals surface area contributed by atoms with Crippen LogP contribution in [0.2, 0.25) is 0 Å². The normalized spacial score (nSPS) is 20.4. The Labute approximate surface area is 85.4 Å². The first-order chi connectivity index (χ1) is 6.51. The van der Waals surface area contributed by atoms with Crippen LogP contribution in [0.1, 0.15) is 13.3 Å². The van der Waals surface area contributed by atoms with Gasteiger partial charge in [-0.05, 0) is 13.0 Å². The second-order valence-electron chi connectivity index (χ2n) is 3.61. The predicted molar refractivity (Wildman–Crippen MR) is 54.7 cm³/mol. The second-order valence-corrected chi connectivity index (χ2v) is 5.18. The molecule has 0 radical (unpaired) electrons. The smallest absolute Gasteiger partial charge is 0.264 e. The third-order valence-electron chi connectivity index (χ3n) is 2.46. The van der Waals surface area contributed by atoms with Crippen molar-refractivity contribution in [3.8, 4) is 0 Å². The lowest BCUT2D eigenvalue weighted by atomic mass is 10.4. The van der Waals surface area contributed by atoms with Crippen molar-refractivity contribution in [1.82, 2.24) is 9.80 Å². The molecule has 0 bridgehead atoms. The summed E-state index contributed by atoms with van der Waals surface area (Å²) in [6.07, 6.45) is 0.510. The Morgan fingerprint density at radius 3 is 2.43 bits per heavy atom. The van der Waals surface area contributed by atoms with Crippen molar-refractivity contribution in [2.45, 2.75) is 13.3 Å². The maximum Gasteiger partial charge on any atom is 0.264 e. The first-order valence-electron chi connectivity index (χ1n) is 4.91. The molecule has 1 saturated heterocycles. The average Bonchev–Trinajstić information content (AvgIpc) is 2.50. The van der Waals surface area contributed by atoms with E-state index in [9.17, 15) is 8.42 Å². The molecule has 0 atom stereocenters. The Bertz CT molecular complexity index is 266. The molecule has 0 unspecified atom stereocenters. The molecule has 1 aliphatic heterocycles. The fourth-order valence-corrected chi connectivity index (χ4v) is 2.11. The molecule has 1 rings (SSSR count). The van der Waals surface area contributed by atoms with Crippen molar-refractivity contribution in [3.05, 3.63) is 0 Å². The zero-order valence-corrected chi connectivity index (χ0v) is 9.33. The molecule has 1 N–H and O–H groups in total. The minimum atomic E-state index is -3.78. The Morgan fingerprint density at radius 2 is 1.93 bits per heavy atom. The summed E-state index contributed by atoms with van der Waals surface area (Å²) >= 11 is 0. The van der Waals surface area contributed by atoms with Crippen molar-refractivity contribution in [1.29, 1.82) is 0 Å². The number of rotatable bonds is 5. The minimum Gasteiger partial charge on any atom is -0.289 e. The maximum absolute atomic E-state index is 10.5. The summed E-state index contributed by atoms with van der Waals surface area (Å²) in [4.78, 5) is 4.50. The lowest BCUT2D eigenvalue weighted by Crippen LogP contribution is -2.27. The van der Waals surface area contributed by atoms with Gasteiger partial charge in [0.05, 0.1) is 12.4 Å². The van der Waals surface area contributed by atoms with E-state index < -0.39 is 10.1 Å². The first kappa shape index (κ1) is 11.9. The van der Waals surface area contributed by atoms with Crippen molar-refractivity contribution < 1.29 is 13.0 Å². The highest BCUT2D eigenvalue weighted by Gasteiger charge is 2.18. The Morgan fingerprint density at radius 1 is 1.29 bits per heavy atom. The first-order valence-corrected chi connectivity index (χ1v) is 6.52. The molecule has 1 fully saturated rings. The maximum atomic E-state index is 10.5. The van der Waals surface area contributed by atoms with E-state index in [2.05, 4.69) is 16.7 Å². The summed E-state index contributed by atoms with van der Waals surface area (Å²) < 4.78 is 29.4. The van der Waals surface area contributed by atoms with Crippen LogP contribution in [0.25, 0.3) is 0 Å². The molecule has 14 heavy (non-hydrogen) atoms. The molecule has 0 aromatic heterocycles. The van der Waals surface area contributed by atoms with E-state index in [-0.39, 0.29) is 5.75 Å². The third kappa shape index (κ3) is 4.36. The molecule has 1 aliphatic rings. The molecule has 0 amide bonds. The molecular weight excluding hydrogens is 204 g/mol. The quantitative estimate of drug-likeness (QED) is 0.656. The summed E-state index contributed by atoms with van der Waals surface area (Å²) in [6.45, 7) is 6.87. The van der Waals surface area contributed by atoms with Crippen LogP contribution in [0, 0.1) is 0 Å². The SMILES string of the molecule is CCN1CCN(CCCS(=O)(=O)O)C1. The van der Waals surface area contributed by atoms with Gasteiger partial charge in [0.15, 0.2) is 0 Å². The Hall–Kier alpha value is -0.170. The monoisotopic (exact) mass is 222 g/mol. The highest BCUT2D eigenvalue weighted by atomic mass is 32.2. The van der Waals surface area contributed by atoms with E-state index in [0.717, 1.165) is 32.8 Å². The molecule has 0 spiro atoms. The molecule has 0 saturated carbocycles. The van der Waals surface area contributed by atoms with E-state index in [1.54, 1.807) is 0 Å². The summed E-state index contributed by atoms with van der Waals surface area (Å²) in [7, 11) is -3.78. The predicted octanol–water partition coefficient (Wildman–Crippen LogP) is -0.141. The second kappa shape index (κ2) is 5.06. The van der Waals surface area contributed by atoms with Crippen molar-refractivity contribution in [2.75, 3.05) is 38.6 Å². The highest BCUT2D eigenvalue weighted by molar-refractivity contribution is 7.85. The number of hydrogen-bond acceptors (Lipinski definition) is 4. The van der Waals surface area contributed by atoms with Gasteiger partial charge in [-0.3, -0.25) is 14.4 Å². The van der Waals surface area contributed by atoms with Gasteiger partial charge in [0.1, 0.15) is 0 Å². The topological polar surface area (TPSA) is 60.9 Å². The standard InChI is InChI=1S/C8H18N2O3S/c1-2-9-5-6-10(8-9)4-3-7-14(11,12)13/h2-8H2,1H3,(H,11,12,13). The van der Waals surface area contributed by atoms with Gasteiger partial charge in [-0.25, -0.2) is 0 Å². The van der Waals surface area contributed by atoms with Gasteiger partial charge in [-0.2, -0.15) is 8.42 Å². The molecule has 0 aromatic carbocycles. The molecular formula is C8H18N2O3S. The van der Waals surface area contributed by atoms with Crippen LogP contribution < -0.4 is 0 Å². The molecule has 5 nitrogen and oxygen atoms in total. The van der Waals surface area contributed by atoms with Crippen molar-refractivity contribution in [3.63, 3.8) is 0 Å². The average molecular weight is 222 g/mol. The fourth-order valence-electron chi connectivity index (χ4n) is 1.62. The zero-order chi connectivity index (χ0) is 10.6. The summed E-state index contributed by atoms with van der Waals surface area (Å²) in [5, 5.41) is 0. The van der Waals surface area contributed by atoms with Gasteiger partial charge >= 0.3 is 0 Å². The van der Waals surface area contributed by atoms with Crippen molar-refractivity contribution in [2.24, 2.45) is 0 Å². The van der Waals surface area contributed by atoms with Gasteiger partial charge in [0.25, 0.3) is 10.1 Å². The van der Waals surface area contributed by atoms with E-state index in [4.69, 9.17) is 4.55 Å². The fraction of sp³-hybridized carbons (Fsp3) is 1.00. The van der Waals surface area contributed by atoms with Gasteiger partial charge in [-0.1, -0.05) is 6.92 Å². The Kier molecular flexibility index (Phi) is 4.31. The molecule has 84 valence electrons. The van der Waals surface area contributed by atoms with Crippen LogP contribution in [0.5, 0.6) is 0 Å². The molecule has 0 aromatic rings. The number of likely N-dealkylation sites (N-methyl/N-ethyl adjacent to an activating group) is 1. The minimum absolute atomic E-state index is 0.129. The molecule has 0 aliphatic carbocycles. The van der Waals surface area contributed by atoms with Crippen LogP contribution in [-0.4, -0.2) is 61.4 Å². The van der Waals surface area contributed by atoms with Gasteiger partial charge < -0.3 is 0 Å². The van der Waals surface area contributed by atoms with Gasteiger partial charge in [0.2, 0.25) is 0 Å². The third-order valence-corrected chi connectivity index (χ3v) is 3.26. The van der Waals surface area contributed by atoms with E-state index in [0.29, 0.717) is 6.42 Å². The number of hydrogen-bond donors (Lipinski definition) is 1.